The average Bonchev–Trinajstić information content (AvgIpc) is 2.64. The molecule has 0 bridgehead atoms. The molecule has 2 rings (SSSR count). The Morgan fingerprint density at radius 1 is 1.19 bits per heavy atom. The summed E-state index contributed by atoms with van der Waals surface area (Å²) >= 11 is 0. The van der Waals surface area contributed by atoms with Gasteiger partial charge >= 0.3 is 11.8 Å². The first-order chi connectivity index (χ1) is 12.3. The van der Waals surface area contributed by atoms with Crippen molar-refractivity contribution in [1.82, 2.24) is 4.90 Å². The molecule has 7 heteroatoms. The Hall–Kier alpha value is -1.88. The molecule has 1 fully saturated rings. The Morgan fingerprint density at radius 3 is 2.42 bits per heavy atom. The fraction of sp³-hybridized carbons (Fsp3) is 0.579. The third-order valence-electron chi connectivity index (χ3n) is 4.20. The van der Waals surface area contributed by atoms with Crippen LogP contribution in [-0.2, 0) is 20.5 Å². The van der Waals surface area contributed by atoms with E-state index >= 15 is 0 Å². The number of likely N-dealkylation sites (tertiary alicyclic amines) is 1. The van der Waals surface area contributed by atoms with Crippen molar-refractivity contribution in [1.29, 1.82) is 0 Å². The van der Waals surface area contributed by atoms with E-state index in [0.29, 0.717) is 39.1 Å². The Kier molecular flexibility index (Phi) is 7.20. The quantitative estimate of drug-likeness (QED) is 0.411. The van der Waals surface area contributed by atoms with Gasteiger partial charge in [0.15, 0.2) is 8.32 Å². The SMILES string of the molecule is [C-]#[N+]C1(OCCO[Si](C)(C)C)CCN(C(=O)OCc2ccccc2)CC1. The van der Waals surface area contributed by atoms with Gasteiger partial charge in [-0.05, 0) is 25.2 Å². The molecule has 0 unspecified atom stereocenters. The van der Waals surface area contributed by atoms with E-state index in [1.54, 1.807) is 4.90 Å². The molecular formula is C19H28N2O4Si. The van der Waals surface area contributed by atoms with Crippen molar-refractivity contribution in [2.24, 2.45) is 0 Å². The summed E-state index contributed by atoms with van der Waals surface area (Å²) in [4.78, 5) is 17.6. The van der Waals surface area contributed by atoms with Crippen LogP contribution in [0.15, 0.2) is 30.3 Å². The van der Waals surface area contributed by atoms with E-state index in [1.165, 1.54) is 0 Å². The highest BCUT2D eigenvalue weighted by Gasteiger charge is 2.43. The van der Waals surface area contributed by atoms with Crippen LogP contribution >= 0.6 is 0 Å². The molecule has 1 aromatic rings. The van der Waals surface area contributed by atoms with Crippen LogP contribution in [-0.4, -0.2) is 51.3 Å². The van der Waals surface area contributed by atoms with Crippen LogP contribution in [0.2, 0.25) is 19.6 Å². The van der Waals surface area contributed by atoms with Crippen LogP contribution in [0, 0.1) is 6.57 Å². The minimum absolute atomic E-state index is 0.259. The summed E-state index contributed by atoms with van der Waals surface area (Å²) in [5.41, 5.74) is 0.109. The third kappa shape index (κ3) is 6.45. The molecule has 1 heterocycles. The first-order valence-corrected chi connectivity index (χ1v) is 12.4. The van der Waals surface area contributed by atoms with Crippen LogP contribution < -0.4 is 0 Å². The minimum atomic E-state index is -1.57. The number of amides is 1. The van der Waals surface area contributed by atoms with Gasteiger partial charge in [-0.2, -0.15) is 0 Å². The molecule has 0 spiro atoms. The topological polar surface area (TPSA) is 52.4 Å². The average molecular weight is 377 g/mol. The lowest BCUT2D eigenvalue weighted by Gasteiger charge is -2.33. The highest BCUT2D eigenvalue weighted by Crippen LogP contribution is 2.28. The van der Waals surface area contributed by atoms with Crippen molar-refractivity contribution in [2.75, 3.05) is 26.3 Å². The summed E-state index contributed by atoms with van der Waals surface area (Å²) < 4.78 is 17.0. The highest BCUT2D eigenvalue weighted by molar-refractivity contribution is 6.69. The van der Waals surface area contributed by atoms with Crippen molar-refractivity contribution in [2.45, 2.75) is 44.8 Å². The lowest BCUT2D eigenvalue weighted by Crippen LogP contribution is -2.47. The molecule has 6 nitrogen and oxygen atoms in total. The molecule has 1 aliphatic rings. The fourth-order valence-electron chi connectivity index (χ4n) is 2.72. The number of carbonyl (C=O) groups excluding carboxylic acids is 1. The summed E-state index contributed by atoms with van der Waals surface area (Å²) in [6.07, 6.45) is 0.642. The summed E-state index contributed by atoms with van der Waals surface area (Å²) in [5, 5.41) is 0. The van der Waals surface area contributed by atoms with Gasteiger partial charge in [0.25, 0.3) is 0 Å². The van der Waals surface area contributed by atoms with Gasteiger partial charge in [-0.3, -0.25) is 4.85 Å². The van der Waals surface area contributed by atoms with E-state index in [4.69, 9.17) is 20.5 Å². The number of nitrogens with zero attached hydrogens (tertiary/aromatic N) is 2. The monoisotopic (exact) mass is 376 g/mol. The third-order valence-corrected chi connectivity index (χ3v) is 5.27. The van der Waals surface area contributed by atoms with Gasteiger partial charge in [0.2, 0.25) is 0 Å². The molecule has 0 saturated carbocycles. The van der Waals surface area contributed by atoms with Crippen LogP contribution in [0.25, 0.3) is 4.85 Å². The number of rotatable bonds is 7. The normalized spacial score (nSPS) is 16.8. The molecule has 0 radical (unpaired) electrons. The smallest absolute Gasteiger partial charge is 0.410 e. The van der Waals surface area contributed by atoms with Gasteiger partial charge in [0, 0.05) is 13.1 Å². The van der Waals surface area contributed by atoms with Crippen molar-refractivity contribution in [3.63, 3.8) is 0 Å². The molecule has 1 amide bonds. The predicted octanol–water partition coefficient (Wildman–Crippen LogP) is 3.90. The fourth-order valence-corrected chi connectivity index (χ4v) is 3.41. The van der Waals surface area contributed by atoms with Gasteiger partial charge in [0.05, 0.1) is 26.1 Å². The van der Waals surface area contributed by atoms with Crippen LogP contribution in [0.5, 0.6) is 0 Å². The molecule has 1 aromatic carbocycles. The molecule has 142 valence electrons. The first kappa shape index (κ1) is 20.4. The van der Waals surface area contributed by atoms with Crippen molar-refractivity contribution in [3.8, 4) is 0 Å². The molecule has 0 atom stereocenters. The largest absolute Gasteiger partial charge is 0.445 e. The second kappa shape index (κ2) is 9.17. The maximum atomic E-state index is 12.2. The van der Waals surface area contributed by atoms with Crippen LogP contribution in [0.3, 0.4) is 0 Å². The number of carbonyl (C=O) groups is 1. The van der Waals surface area contributed by atoms with Crippen LogP contribution in [0.4, 0.5) is 4.79 Å². The van der Waals surface area contributed by atoms with Gasteiger partial charge in [-0.1, -0.05) is 30.3 Å². The summed E-state index contributed by atoms with van der Waals surface area (Å²) in [7, 11) is -1.57. The number of hydrogen-bond acceptors (Lipinski definition) is 4. The van der Waals surface area contributed by atoms with Crippen molar-refractivity contribution >= 4 is 14.4 Å². The summed E-state index contributed by atoms with van der Waals surface area (Å²) in [6, 6.07) is 9.59. The second-order valence-electron chi connectivity index (χ2n) is 7.39. The van der Waals surface area contributed by atoms with E-state index in [0.717, 1.165) is 5.56 Å². The Balaban J connectivity index is 1.75. The highest BCUT2D eigenvalue weighted by atomic mass is 28.4. The number of ether oxygens (including phenoxy) is 2. The second-order valence-corrected chi connectivity index (χ2v) is 11.9. The molecular weight excluding hydrogens is 348 g/mol. The summed E-state index contributed by atoms with van der Waals surface area (Å²) in [5.74, 6) is 0. The molecule has 0 N–H and O–H groups in total. The Morgan fingerprint density at radius 2 is 1.85 bits per heavy atom. The van der Waals surface area contributed by atoms with Gasteiger partial charge in [-0.15, -0.1) is 0 Å². The molecule has 0 aliphatic carbocycles. The van der Waals surface area contributed by atoms with E-state index in [1.807, 2.05) is 30.3 Å². The van der Waals surface area contributed by atoms with E-state index in [-0.39, 0.29) is 12.7 Å². The zero-order valence-corrected chi connectivity index (χ0v) is 16.9. The zero-order valence-electron chi connectivity index (χ0n) is 15.9. The number of hydrogen-bond donors (Lipinski definition) is 0. The minimum Gasteiger partial charge on any atom is -0.445 e. The zero-order chi connectivity index (χ0) is 19.0. The van der Waals surface area contributed by atoms with Gasteiger partial charge < -0.3 is 18.8 Å². The lowest BCUT2D eigenvalue weighted by molar-refractivity contribution is -0.0591. The van der Waals surface area contributed by atoms with E-state index < -0.39 is 14.0 Å². The number of benzene rings is 1. The van der Waals surface area contributed by atoms with Crippen molar-refractivity contribution < 1.29 is 18.7 Å². The van der Waals surface area contributed by atoms with Crippen molar-refractivity contribution in [3.05, 3.63) is 47.3 Å². The molecule has 1 saturated heterocycles. The van der Waals surface area contributed by atoms with E-state index in [2.05, 4.69) is 24.5 Å². The van der Waals surface area contributed by atoms with Gasteiger partial charge in [-0.25, -0.2) is 11.4 Å². The standard InChI is InChI=1S/C19H28N2O4Si/c1-20-19(24-14-15-25-26(2,3)4)10-12-21(13-11-19)18(22)23-16-17-8-6-5-7-9-17/h5-9H,10-16H2,2-4H3. The Labute approximate surface area is 157 Å². The number of piperidine rings is 1. The first-order valence-electron chi connectivity index (χ1n) is 8.96. The van der Waals surface area contributed by atoms with E-state index in [9.17, 15) is 4.79 Å². The lowest BCUT2D eigenvalue weighted by atomic mass is 10.0. The molecule has 26 heavy (non-hydrogen) atoms. The Bertz CT molecular complexity index is 617. The maximum Gasteiger partial charge on any atom is 0.410 e. The maximum absolute atomic E-state index is 12.2. The molecule has 0 aromatic heterocycles. The molecule has 1 aliphatic heterocycles. The van der Waals surface area contributed by atoms with Gasteiger partial charge in [0.1, 0.15) is 6.61 Å². The summed E-state index contributed by atoms with van der Waals surface area (Å²) in [6.45, 7) is 16.0. The predicted molar refractivity (Wildman–Crippen MR) is 102 cm³/mol. The van der Waals surface area contributed by atoms with Crippen LogP contribution in [0.1, 0.15) is 18.4 Å².